The number of nitrogens with zero attached hydrogens (tertiary/aromatic N) is 1. The number of nitrogens with one attached hydrogen (secondary N) is 1. The molecule has 0 saturated heterocycles. The molecular weight excluding hydrogens is 224 g/mol. The zero-order chi connectivity index (χ0) is 11.5. The van der Waals surface area contributed by atoms with Crippen LogP contribution in [0.5, 0.6) is 5.75 Å². The zero-order valence-corrected chi connectivity index (χ0v) is 9.88. The number of aromatic nitrogens is 2. The molecule has 4 nitrogen and oxygen atoms in total. The molecule has 0 bridgehead atoms. The van der Waals surface area contributed by atoms with Crippen LogP contribution in [0.1, 0.15) is 13.8 Å². The van der Waals surface area contributed by atoms with Crippen LogP contribution in [0.15, 0.2) is 29.1 Å². The van der Waals surface area contributed by atoms with Crippen molar-refractivity contribution in [2.75, 3.05) is 0 Å². The second-order valence-corrected chi connectivity index (χ2v) is 4.57. The van der Waals surface area contributed by atoms with Crippen molar-refractivity contribution in [3.8, 4) is 16.3 Å². The molecule has 0 aliphatic heterocycles. The van der Waals surface area contributed by atoms with E-state index in [4.69, 9.17) is 4.74 Å². The van der Waals surface area contributed by atoms with E-state index in [1.165, 1.54) is 0 Å². The number of hydrogen-bond donors (Lipinski definition) is 1. The molecule has 0 aliphatic carbocycles. The highest BCUT2D eigenvalue weighted by Crippen LogP contribution is 2.23. The van der Waals surface area contributed by atoms with Gasteiger partial charge in [-0.15, -0.1) is 0 Å². The van der Waals surface area contributed by atoms with Gasteiger partial charge >= 0.3 is 4.87 Å². The SMILES string of the molecule is CC(C)Oc1cccc(-c2n[nH]c(=O)s2)c1. The standard InChI is InChI=1S/C11H12N2O2S/c1-7(2)15-9-5-3-4-8(6-9)10-12-13-11(14)16-10/h3-7H,1-2H3,(H,13,14). The molecule has 1 N–H and O–H groups in total. The Hall–Kier alpha value is -1.62. The second kappa shape index (κ2) is 4.49. The molecule has 1 aromatic carbocycles. The molecule has 0 amide bonds. The van der Waals surface area contributed by atoms with Gasteiger partial charge in [0.2, 0.25) is 0 Å². The molecule has 2 rings (SSSR count). The van der Waals surface area contributed by atoms with Gasteiger partial charge < -0.3 is 4.74 Å². The van der Waals surface area contributed by atoms with Crippen molar-refractivity contribution in [1.82, 2.24) is 10.2 Å². The van der Waals surface area contributed by atoms with E-state index in [-0.39, 0.29) is 11.0 Å². The Morgan fingerprint density at radius 3 is 2.88 bits per heavy atom. The molecule has 0 aliphatic rings. The average molecular weight is 236 g/mol. The fourth-order valence-electron chi connectivity index (χ4n) is 1.33. The highest BCUT2D eigenvalue weighted by molar-refractivity contribution is 7.12. The predicted octanol–water partition coefficient (Wildman–Crippen LogP) is 2.29. The Kier molecular flexibility index (Phi) is 3.05. The first-order chi connectivity index (χ1) is 7.65. The molecule has 1 aromatic heterocycles. The van der Waals surface area contributed by atoms with Crippen LogP contribution < -0.4 is 9.61 Å². The molecule has 0 saturated carbocycles. The van der Waals surface area contributed by atoms with Crippen LogP contribution in [0.3, 0.4) is 0 Å². The lowest BCUT2D eigenvalue weighted by atomic mass is 10.2. The van der Waals surface area contributed by atoms with Gasteiger partial charge in [-0.1, -0.05) is 23.5 Å². The third-order valence-corrected chi connectivity index (χ3v) is 2.69. The fraction of sp³-hybridized carbons (Fsp3) is 0.273. The van der Waals surface area contributed by atoms with E-state index in [1.54, 1.807) is 0 Å². The van der Waals surface area contributed by atoms with Crippen molar-refractivity contribution in [2.45, 2.75) is 20.0 Å². The Bertz CT molecular complexity index is 531. The normalized spacial score (nSPS) is 10.7. The first kappa shape index (κ1) is 10.9. The topological polar surface area (TPSA) is 55.0 Å². The molecule has 16 heavy (non-hydrogen) atoms. The highest BCUT2D eigenvalue weighted by atomic mass is 32.1. The van der Waals surface area contributed by atoms with Crippen molar-refractivity contribution in [1.29, 1.82) is 0 Å². The summed E-state index contributed by atoms with van der Waals surface area (Å²) in [7, 11) is 0. The molecule has 0 unspecified atom stereocenters. The summed E-state index contributed by atoms with van der Waals surface area (Å²) in [5.41, 5.74) is 0.890. The van der Waals surface area contributed by atoms with Gasteiger partial charge in [0.25, 0.3) is 0 Å². The minimum Gasteiger partial charge on any atom is -0.491 e. The average Bonchev–Trinajstić information content (AvgIpc) is 2.64. The molecule has 2 aromatic rings. The van der Waals surface area contributed by atoms with Crippen LogP contribution in [-0.2, 0) is 0 Å². The highest BCUT2D eigenvalue weighted by Gasteiger charge is 2.05. The Balaban J connectivity index is 2.32. The summed E-state index contributed by atoms with van der Waals surface area (Å²) in [6.07, 6.45) is 0.133. The molecule has 5 heteroatoms. The first-order valence-corrected chi connectivity index (χ1v) is 5.79. The van der Waals surface area contributed by atoms with Gasteiger partial charge in [-0.25, -0.2) is 5.10 Å². The van der Waals surface area contributed by atoms with E-state index in [1.807, 2.05) is 38.1 Å². The van der Waals surface area contributed by atoms with Crippen LogP contribution in [-0.4, -0.2) is 16.3 Å². The molecule has 0 radical (unpaired) electrons. The minimum atomic E-state index is -0.148. The largest absolute Gasteiger partial charge is 0.491 e. The third-order valence-electron chi connectivity index (χ3n) is 1.89. The van der Waals surface area contributed by atoms with E-state index in [0.717, 1.165) is 22.6 Å². The molecule has 84 valence electrons. The maximum atomic E-state index is 11.0. The summed E-state index contributed by atoms with van der Waals surface area (Å²) in [5, 5.41) is 7.01. The summed E-state index contributed by atoms with van der Waals surface area (Å²) in [4.78, 5) is 10.8. The number of H-pyrrole nitrogens is 1. The molecule has 0 spiro atoms. The Morgan fingerprint density at radius 2 is 2.25 bits per heavy atom. The summed E-state index contributed by atoms with van der Waals surface area (Å²) < 4.78 is 5.57. The summed E-state index contributed by atoms with van der Waals surface area (Å²) in [6, 6.07) is 7.56. The lowest BCUT2D eigenvalue weighted by Gasteiger charge is -2.09. The van der Waals surface area contributed by atoms with Crippen LogP contribution in [0, 0.1) is 0 Å². The number of hydrogen-bond acceptors (Lipinski definition) is 4. The van der Waals surface area contributed by atoms with E-state index in [0.29, 0.717) is 5.01 Å². The number of benzene rings is 1. The Morgan fingerprint density at radius 1 is 1.44 bits per heavy atom. The van der Waals surface area contributed by atoms with Crippen molar-refractivity contribution >= 4 is 11.3 Å². The number of rotatable bonds is 3. The van der Waals surface area contributed by atoms with Gasteiger partial charge in [0.15, 0.2) is 0 Å². The smallest absolute Gasteiger partial charge is 0.322 e. The zero-order valence-electron chi connectivity index (χ0n) is 9.06. The number of ether oxygens (including phenoxy) is 1. The van der Waals surface area contributed by atoms with Crippen LogP contribution in [0.25, 0.3) is 10.6 Å². The molecule has 0 atom stereocenters. The summed E-state index contributed by atoms with van der Waals surface area (Å²) in [5.74, 6) is 0.787. The molecule has 0 fully saturated rings. The second-order valence-electron chi connectivity index (χ2n) is 3.61. The van der Waals surface area contributed by atoms with Crippen LogP contribution >= 0.6 is 11.3 Å². The minimum absolute atomic E-state index is 0.133. The van der Waals surface area contributed by atoms with Crippen molar-refractivity contribution in [3.63, 3.8) is 0 Å². The summed E-state index contributed by atoms with van der Waals surface area (Å²) in [6.45, 7) is 3.94. The van der Waals surface area contributed by atoms with Gasteiger partial charge in [0.05, 0.1) is 6.10 Å². The van der Waals surface area contributed by atoms with Crippen LogP contribution in [0.4, 0.5) is 0 Å². The summed E-state index contributed by atoms with van der Waals surface area (Å²) >= 11 is 1.09. The van der Waals surface area contributed by atoms with Gasteiger partial charge in [-0.2, -0.15) is 5.10 Å². The maximum absolute atomic E-state index is 11.0. The predicted molar refractivity (Wildman–Crippen MR) is 63.9 cm³/mol. The van der Waals surface area contributed by atoms with Crippen LogP contribution in [0.2, 0.25) is 0 Å². The van der Waals surface area contributed by atoms with E-state index >= 15 is 0 Å². The van der Waals surface area contributed by atoms with E-state index in [2.05, 4.69) is 10.2 Å². The quantitative estimate of drug-likeness (QED) is 0.889. The lowest BCUT2D eigenvalue weighted by Crippen LogP contribution is -2.05. The Labute approximate surface area is 96.9 Å². The third kappa shape index (κ3) is 2.49. The van der Waals surface area contributed by atoms with Crippen molar-refractivity contribution < 1.29 is 4.74 Å². The fourth-order valence-corrected chi connectivity index (χ4v) is 1.93. The number of aromatic amines is 1. The maximum Gasteiger partial charge on any atom is 0.322 e. The van der Waals surface area contributed by atoms with Gasteiger partial charge in [-0.05, 0) is 26.0 Å². The molecular formula is C11H12N2O2S. The first-order valence-electron chi connectivity index (χ1n) is 4.98. The monoisotopic (exact) mass is 236 g/mol. The molecule has 1 heterocycles. The van der Waals surface area contributed by atoms with Gasteiger partial charge in [0.1, 0.15) is 10.8 Å². The van der Waals surface area contributed by atoms with Gasteiger partial charge in [0, 0.05) is 5.56 Å². The lowest BCUT2D eigenvalue weighted by molar-refractivity contribution is 0.242. The van der Waals surface area contributed by atoms with Gasteiger partial charge in [-0.3, -0.25) is 4.79 Å². The van der Waals surface area contributed by atoms with Crippen molar-refractivity contribution in [3.05, 3.63) is 33.9 Å². The van der Waals surface area contributed by atoms with E-state index < -0.39 is 0 Å². The van der Waals surface area contributed by atoms with Crippen molar-refractivity contribution in [2.24, 2.45) is 0 Å². The van der Waals surface area contributed by atoms with E-state index in [9.17, 15) is 4.79 Å².